The van der Waals surface area contributed by atoms with Crippen molar-refractivity contribution in [1.82, 2.24) is 9.78 Å². The average Bonchev–Trinajstić information content (AvgIpc) is 3.16. The van der Waals surface area contributed by atoms with E-state index in [0.29, 0.717) is 5.56 Å². The number of nitrogens with zero attached hydrogens (tertiary/aromatic N) is 3. The van der Waals surface area contributed by atoms with E-state index in [1.807, 2.05) is 59.6 Å². The fourth-order valence-electron chi connectivity index (χ4n) is 3.32. The lowest BCUT2D eigenvalue weighted by molar-refractivity contribution is 0.0975. The van der Waals surface area contributed by atoms with Gasteiger partial charge in [0, 0.05) is 29.7 Å². The maximum Gasteiger partial charge on any atom is 0.258 e. The van der Waals surface area contributed by atoms with Gasteiger partial charge in [-0.3, -0.25) is 4.79 Å². The number of carbonyl (C=O) groups excluding carboxylic acids is 1. The van der Waals surface area contributed by atoms with Crippen molar-refractivity contribution < 1.29 is 4.79 Å². The molecule has 0 radical (unpaired) electrons. The van der Waals surface area contributed by atoms with Crippen LogP contribution in [0.15, 0.2) is 67.0 Å². The topological polar surface area (TPSA) is 38.1 Å². The number of carbonyl (C=O) groups is 1. The number of rotatable bonds is 2. The Balaban J connectivity index is 1.66. The van der Waals surface area contributed by atoms with Gasteiger partial charge in [0.2, 0.25) is 0 Å². The molecule has 0 fully saturated rings. The number of anilines is 1. The zero-order valence-corrected chi connectivity index (χ0v) is 13.6. The standard InChI is InChI=1S/C20H19N3O/c1-15-7-8-16-5-2-3-6-19(16)23(15)20(24)17-9-11-18(12-10-17)22-14-4-13-21-22/h2-6,9-15H,7-8H2,1H3. The molecular formula is C20H19N3O. The summed E-state index contributed by atoms with van der Waals surface area (Å²) >= 11 is 0. The lowest BCUT2D eigenvalue weighted by Crippen LogP contribution is -2.42. The zero-order chi connectivity index (χ0) is 16.5. The molecule has 0 saturated carbocycles. The highest BCUT2D eigenvalue weighted by molar-refractivity contribution is 6.07. The quantitative estimate of drug-likeness (QED) is 0.720. The first-order valence-electron chi connectivity index (χ1n) is 8.25. The first kappa shape index (κ1) is 14.7. The van der Waals surface area contributed by atoms with Crippen molar-refractivity contribution >= 4 is 11.6 Å². The fraction of sp³-hybridized carbons (Fsp3) is 0.200. The predicted molar refractivity (Wildman–Crippen MR) is 94.6 cm³/mol. The summed E-state index contributed by atoms with van der Waals surface area (Å²) in [6, 6.07) is 17.9. The van der Waals surface area contributed by atoms with Gasteiger partial charge in [-0.05, 0) is 61.7 Å². The lowest BCUT2D eigenvalue weighted by atomic mass is 9.95. The molecule has 1 amide bonds. The summed E-state index contributed by atoms with van der Waals surface area (Å²) in [5.74, 6) is 0.0571. The van der Waals surface area contributed by atoms with Gasteiger partial charge >= 0.3 is 0 Å². The number of amides is 1. The number of hydrogen-bond acceptors (Lipinski definition) is 2. The van der Waals surface area contributed by atoms with Gasteiger partial charge in [0.15, 0.2) is 0 Å². The van der Waals surface area contributed by atoms with Crippen molar-refractivity contribution in [3.63, 3.8) is 0 Å². The van der Waals surface area contributed by atoms with Gasteiger partial charge in [-0.2, -0.15) is 5.10 Å². The van der Waals surface area contributed by atoms with Crippen LogP contribution < -0.4 is 4.90 Å². The minimum Gasteiger partial charge on any atom is -0.305 e. The van der Waals surface area contributed by atoms with Crippen molar-refractivity contribution in [1.29, 1.82) is 0 Å². The Kier molecular flexibility index (Phi) is 3.65. The van der Waals surface area contributed by atoms with E-state index in [-0.39, 0.29) is 11.9 Å². The molecule has 0 aliphatic carbocycles. The molecule has 1 aromatic heterocycles. The van der Waals surface area contributed by atoms with Crippen LogP contribution >= 0.6 is 0 Å². The lowest BCUT2D eigenvalue weighted by Gasteiger charge is -2.35. The van der Waals surface area contributed by atoms with E-state index in [0.717, 1.165) is 24.2 Å². The maximum atomic E-state index is 13.1. The first-order chi connectivity index (χ1) is 11.7. The van der Waals surface area contributed by atoms with Gasteiger partial charge in [0.05, 0.1) is 5.69 Å². The molecule has 4 rings (SSSR count). The van der Waals surface area contributed by atoms with E-state index >= 15 is 0 Å². The molecule has 4 nitrogen and oxygen atoms in total. The van der Waals surface area contributed by atoms with Crippen molar-refractivity contribution in [2.75, 3.05) is 4.90 Å². The van der Waals surface area contributed by atoms with Crippen molar-refractivity contribution in [2.24, 2.45) is 0 Å². The molecular weight excluding hydrogens is 298 g/mol. The summed E-state index contributed by atoms with van der Waals surface area (Å²) in [6.07, 6.45) is 5.65. The van der Waals surface area contributed by atoms with E-state index in [1.54, 1.807) is 10.9 Å². The number of para-hydroxylation sites is 1. The third kappa shape index (κ3) is 2.50. The minimum absolute atomic E-state index is 0.0571. The van der Waals surface area contributed by atoms with Gasteiger partial charge in [0.25, 0.3) is 5.91 Å². The van der Waals surface area contributed by atoms with Crippen LogP contribution in [0.1, 0.15) is 29.3 Å². The van der Waals surface area contributed by atoms with Gasteiger partial charge in [-0.1, -0.05) is 18.2 Å². The van der Waals surface area contributed by atoms with E-state index in [2.05, 4.69) is 18.1 Å². The number of aromatic nitrogens is 2. The summed E-state index contributed by atoms with van der Waals surface area (Å²) in [7, 11) is 0. The van der Waals surface area contributed by atoms with Gasteiger partial charge in [-0.15, -0.1) is 0 Å². The number of benzene rings is 2. The largest absolute Gasteiger partial charge is 0.305 e. The Bertz CT molecular complexity index is 853. The summed E-state index contributed by atoms with van der Waals surface area (Å²) in [4.78, 5) is 15.0. The Morgan fingerprint density at radius 3 is 2.62 bits per heavy atom. The molecule has 0 bridgehead atoms. The summed E-state index contributed by atoms with van der Waals surface area (Å²) in [5.41, 5.74) is 3.94. The third-order valence-electron chi connectivity index (χ3n) is 4.63. The molecule has 2 aromatic carbocycles. The molecule has 24 heavy (non-hydrogen) atoms. The molecule has 0 N–H and O–H groups in total. The van der Waals surface area contributed by atoms with Crippen molar-refractivity contribution in [3.05, 3.63) is 78.1 Å². The highest BCUT2D eigenvalue weighted by atomic mass is 16.2. The van der Waals surface area contributed by atoms with Gasteiger partial charge < -0.3 is 4.90 Å². The van der Waals surface area contributed by atoms with Crippen LogP contribution in [0.3, 0.4) is 0 Å². The van der Waals surface area contributed by atoms with Crippen LogP contribution in [0, 0.1) is 0 Å². The van der Waals surface area contributed by atoms with E-state index in [4.69, 9.17) is 0 Å². The second kappa shape index (κ2) is 5.96. The predicted octanol–water partition coefficient (Wildman–Crippen LogP) is 3.85. The third-order valence-corrected chi connectivity index (χ3v) is 4.63. The SMILES string of the molecule is CC1CCc2ccccc2N1C(=O)c1ccc(-n2cccn2)cc1. The Morgan fingerprint density at radius 2 is 1.88 bits per heavy atom. The van der Waals surface area contributed by atoms with Crippen LogP contribution in [0.2, 0.25) is 0 Å². The van der Waals surface area contributed by atoms with Crippen LogP contribution in [0.5, 0.6) is 0 Å². The molecule has 1 unspecified atom stereocenters. The Labute approximate surface area is 141 Å². The van der Waals surface area contributed by atoms with E-state index in [1.165, 1.54) is 5.56 Å². The summed E-state index contributed by atoms with van der Waals surface area (Å²) in [5, 5.41) is 4.21. The zero-order valence-electron chi connectivity index (χ0n) is 13.6. The molecule has 120 valence electrons. The van der Waals surface area contributed by atoms with Crippen LogP contribution in [0.25, 0.3) is 5.69 Å². The maximum absolute atomic E-state index is 13.1. The summed E-state index contributed by atoms with van der Waals surface area (Å²) in [6.45, 7) is 2.12. The number of fused-ring (bicyclic) bond motifs is 1. The normalized spacial score (nSPS) is 16.7. The fourth-order valence-corrected chi connectivity index (χ4v) is 3.32. The summed E-state index contributed by atoms with van der Waals surface area (Å²) < 4.78 is 1.78. The average molecular weight is 317 g/mol. The Hall–Kier alpha value is -2.88. The minimum atomic E-state index is 0.0571. The van der Waals surface area contributed by atoms with Crippen molar-refractivity contribution in [2.45, 2.75) is 25.8 Å². The van der Waals surface area contributed by atoms with Crippen LogP contribution in [0.4, 0.5) is 5.69 Å². The highest BCUT2D eigenvalue weighted by Gasteiger charge is 2.28. The smallest absolute Gasteiger partial charge is 0.258 e. The molecule has 4 heteroatoms. The van der Waals surface area contributed by atoms with Crippen molar-refractivity contribution in [3.8, 4) is 5.69 Å². The Morgan fingerprint density at radius 1 is 1.08 bits per heavy atom. The molecule has 1 atom stereocenters. The number of hydrogen-bond donors (Lipinski definition) is 0. The molecule has 3 aromatic rings. The monoisotopic (exact) mass is 317 g/mol. The molecule has 1 aliphatic rings. The second-order valence-corrected chi connectivity index (χ2v) is 6.19. The molecule has 0 saturated heterocycles. The highest BCUT2D eigenvalue weighted by Crippen LogP contribution is 2.31. The molecule has 2 heterocycles. The molecule has 0 spiro atoms. The number of aryl methyl sites for hydroxylation is 1. The second-order valence-electron chi connectivity index (χ2n) is 6.19. The van der Waals surface area contributed by atoms with Gasteiger partial charge in [0.1, 0.15) is 0 Å². The van der Waals surface area contributed by atoms with Crippen LogP contribution in [-0.4, -0.2) is 21.7 Å². The van der Waals surface area contributed by atoms with Gasteiger partial charge in [-0.25, -0.2) is 4.68 Å². The van der Waals surface area contributed by atoms with Crippen LogP contribution in [-0.2, 0) is 6.42 Å². The van der Waals surface area contributed by atoms with E-state index < -0.39 is 0 Å². The molecule has 1 aliphatic heterocycles. The van der Waals surface area contributed by atoms with E-state index in [9.17, 15) is 4.79 Å². The first-order valence-corrected chi connectivity index (χ1v) is 8.25.